The van der Waals surface area contributed by atoms with Gasteiger partial charge in [-0.25, -0.2) is 13.1 Å². The summed E-state index contributed by atoms with van der Waals surface area (Å²) >= 11 is 0. The van der Waals surface area contributed by atoms with E-state index < -0.39 is 10.0 Å². The predicted octanol–water partition coefficient (Wildman–Crippen LogP) is 2.97. The lowest BCUT2D eigenvalue weighted by atomic mass is 10.1. The Balaban J connectivity index is 1.94. The number of para-hydroxylation sites is 1. The standard InChI is InChI=1S/C17H21NO3S/c1-13-6-4-9-16(12-13)22(19,20)18-10-11-21-17-14(2)7-5-8-15(17)3/h4-9,12,18H,10-11H2,1-3H3. The largest absolute Gasteiger partial charge is 0.492 e. The van der Waals surface area contributed by atoms with Gasteiger partial charge in [0.2, 0.25) is 10.0 Å². The maximum atomic E-state index is 12.2. The highest BCUT2D eigenvalue weighted by Gasteiger charge is 2.13. The molecule has 0 atom stereocenters. The zero-order chi connectivity index (χ0) is 16.2. The molecule has 0 saturated heterocycles. The van der Waals surface area contributed by atoms with Crippen LogP contribution in [-0.2, 0) is 10.0 Å². The van der Waals surface area contributed by atoms with Gasteiger partial charge in [-0.3, -0.25) is 0 Å². The van der Waals surface area contributed by atoms with E-state index in [0.29, 0.717) is 0 Å². The molecule has 0 amide bonds. The SMILES string of the molecule is Cc1cccc(S(=O)(=O)NCCOc2c(C)cccc2C)c1. The molecule has 118 valence electrons. The second-order valence-electron chi connectivity index (χ2n) is 5.28. The number of rotatable bonds is 6. The van der Waals surface area contributed by atoms with Crippen LogP contribution in [0.5, 0.6) is 5.75 Å². The summed E-state index contributed by atoms with van der Waals surface area (Å²) in [7, 11) is -3.49. The Morgan fingerprint density at radius 2 is 1.64 bits per heavy atom. The molecule has 0 aliphatic heterocycles. The molecule has 2 aromatic rings. The minimum Gasteiger partial charge on any atom is -0.492 e. The molecule has 1 N–H and O–H groups in total. The summed E-state index contributed by atoms with van der Waals surface area (Å²) < 4.78 is 32.6. The van der Waals surface area contributed by atoms with Crippen LogP contribution in [0, 0.1) is 20.8 Å². The van der Waals surface area contributed by atoms with Crippen molar-refractivity contribution >= 4 is 10.0 Å². The van der Waals surface area contributed by atoms with E-state index in [-0.39, 0.29) is 18.0 Å². The normalized spacial score (nSPS) is 11.4. The van der Waals surface area contributed by atoms with Gasteiger partial charge < -0.3 is 4.74 Å². The van der Waals surface area contributed by atoms with Gasteiger partial charge in [0.05, 0.1) is 4.90 Å². The molecule has 0 fully saturated rings. The highest BCUT2D eigenvalue weighted by Crippen LogP contribution is 2.22. The Kier molecular flexibility index (Phi) is 5.21. The molecule has 2 aromatic carbocycles. The molecule has 4 nitrogen and oxygen atoms in total. The smallest absolute Gasteiger partial charge is 0.240 e. The maximum absolute atomic E-state index is 12.2. The first-order valence-corrected chi connectivity index (χ1v) is 8.64. The summed E-state index contributed by atoms with van der Waals surface area (Å²) in [5.74, 6) is 0.817. The molecular formula is C17H21NO3S. The predicted molar refractivity (Wildman–Crippen MR) is 87.8 cm³/mol. The molecule has 0 spiro atoms. The van der Waals surface area contributed by atoms with E-state index in [0.717, 1.165) is 22.4 Å². The van der Waals surface area contributed by atoms with E-state index in [9.17, 15) is 8.42 Å². The van der Waals surface area contributed by atoms with Crippen molar-refractivity contribution in [1.29, 1.82) is 0 Å². The van der Waals surface area contributed by atoms with E-state index in [1.54, 1.807) is 18.2 Å². The number of aryl methyl sites for hydroxylation is 3. The van der Waals surface area contributed by atoms with Crippen molar-refractivity contribution in [2.24, 2.45) is 0 Å². The molecule has 0 aliphatic carbocycles. The average molecular weight is 319 g/mol. The molecule has 22 heavy (non-hydrogen) atoms. The number of nitrogens with one attached hydrogen (secondary N) is 1. The average Bonchev–Trinajstić information content (AvgIpc) is 2.46. The number of hydrogen-bond acceptors (Lipinski definition) is 3. The topological polar surface area (TPSA) is 55.4 Å². The molecule has 0 saturated carbocycles. The van der Waals surface area contributed by atoms with Crippen LogP contribution in [-0.4, -0.2) is 21.6 Å². The van der Waals surface area contributed by atoms with Gasteiger partial charge in [0, 0.05) is 6.54 Å². The summed E-state index contributed by atoms with van der Waals surface area (Å²) in [6.07, 6.45) is 0. The summed E-state index contributed by atoms with van der Waals surface area (Å²) in [5, 5.41) is 0. The van der Waals surface area contributed by atoms with Crippen molar-refractivity contribution in [3.63, 3.8) is 0 Å². The fourth-order valence-electron chi connectivity index (χ4n) is 2.22. The van der Waals surface area contributed by atoms with Crippen molar-refractivity contribution in [3.8, 4) is 5.75 Å². The van der Waals surface area contributed by atoms with Crippen LogP contribution in [0.25, 0.3) is 0 Å². The van der Waals surface area contributed by atoms with Crippen molar-refractivity contribution < 1.29 is 13.2 Å². The van der Waals surface area contributed by atoms with Crippen LogP contribution >= 0.6 is 0 Å². The van der Waals surface area contributed by atoms with Gasteiger partial charge in [-0.05, 0) is 49.6 Å². The number of ether oxygens (including phenoxy) is 1. The third-order valence-electron chi connectivity index (χ3n) is 3.35. The molecule has 0 unspecified atom stereocenters. The van der Waals surface area contributed by atoms with Gasteiger partial charge >= 0.3 is 0 Å². The third-order valence-corrected chi connectivity index (χ3v) is 4.81. The lowest BCUT2D eigenvalue weighted by molar-refractivity contribution is 0.318. The maximum Gasteiger partial charge on any atom is 0.240 e. The molecule has 0 radical (unpaired) electrons. The molecule has 0 aliphatic rings. The molecule has 2 rings (SSSR count). The van der Waals surface area contributed by atoms with Crippen molar-refractivity contribution in [2.45, 2.75) is 25.7 Å². The zero-order valence-corrected chi connectivity index (χ0v) is 13.9. The Bertz CT molecular complexity index is 734. The van der Waals surface area contributed by atoms with Gasteiger partial charge in [0.15, 0.2) is 0 Å². The summed E-state index contributed by atoms with van der Waals surface area (Å²) in [6.45, 7) is 6.32. The molecular weight excluding hydrogens is 298 g/mol. The highest BCUT2D eigenvalue weighted by molar-refractivity contribution is 7.89. The Morgan fingerprint density at radius 3 is 2.27 bits per heavy atom. The minimum atomic E-state index is -3.49. The quantitative estimate of drug-likeness (QED) is 0.833. The fourth-order valence-corrected chi connectivity index (χ4v) is 3.34. The fraction of sp³-hybridized carbons (Fsp3) is 0.294. The Morgan fingerprint density at radius 1 is 1.00 bits per heavy atom. The lowest BCUT2D eigenvalue weighted by Gasteiger charge is -2.12. The zero-order valence-electron chi connectivity index (χ0n) is 13.1. The lowest BCUT2D eigenvalue weighted by Crippen LogP contribution is -2.28. The van der Waals surface area contributed by atoms with Gasteiger partial charge in [0.25, 0.3) is 0 Å². The minimum absolute atomic E-state index is 0.226. The van der Waals surface area contributed by atoms with Gasteiger partial charge in [-0.2, -0.15) is 0 Å². The van der Waals surface area contributed by atoms with Crippen LogP contribution in [0.4, 0.5) is 0 Å². The first kappa shape index (κ1) is 16.5. The molecule has 5 heteroatoms. The summed E-state index contributed by atoms with van der Waals surface area (Å²) in [5.41, 5.74) is 3.00. The number of benzene rings is 2. The van der Waals surface area contributed by atoms with E-state index in [1.165, 1.54) is 0 Å². The van der Waals surface area contributed by atoms with Crippen molar-refractivity contribution in [3.05, 3.63) is 59.2 Å². The van der Waals surface area contributed by atoms with Crippen LogP contribution in [0.3, 0.4) is 0 Å². The molecule has 0 heterocycles. The van der Waals surface area contributed by atoms with E-state index in [2.05, 4.69) is 4.72 Å². The van der Waals surface area contributed by atoms with E-state index >= 15 is 0 Å². The van der Waals surface area contributed by atoms with Gasteiger partial charge in [-0.15, -0.1) is 0 Å². The monoisotopic (exact) mass is 319 g/mol. The van der Waals surface area contributed by atoms with Gasteiger partial charge in [-0.1, -0.05) is 30.3 Å². The van der Waals surface area contributed by atoms with Crippen LogP contribution in [0.2, 0.25) is 0 Å². The molecule has 0 bridgehead atoms. The van der Waals surface area contributed by atoms with Crippen molar-refractivity contribution in [1.82, 2.24) is 4.72 Å². The Labute approximate surface area is 132 Å². The van der Waals surface area contributed by atoms with Crippen molar-refractivity contribution in [2.75, 3.05) is 13.2 Å². The highest BCUT2D eigenvalue weighted by atomic mass is 32.2. The van der Waals surface area contributed by atoms with Crippen LogP contribution in [0.1, 0.15) is 16.7 Å². The number of hydrogen-bond donors (Lipinski definition) is 1. The van der Waals surface area contributed by atoms with Gasteiger partial charge in [0.1, 0.15) is 12.4 Å². The molecule has 0 aromatic heterocycles. The third kappa shape index (κ3) is 4.08. The first-order valence-electron chi connectivity index (χ1n) is 7.15. The summed E-state index contributed by atoms with van der Waals surface area (Å²) in [6, 6.07) is 12.7. The van der Waals surface area contributed by atoms with Crippen LogP contribution in [0.15, 0.2) is 47.4 Å². The van der Waals surface area contributed by atoms with E-state index in [4.69, 9.17) is 4.74 Å². The second kappa shape index (κ2) is 6.94. The van der Waals surface area contributed by atoms with E-state index in [1.807, 2.05) is 45.0 Å². The first-order chi connectivity index (χ1) is 10.4. The number of sulfonamides is 1. The second-order valence-corrected chi connectivity index (χ2v) is 7.05. The van der Waals surface area contributed by atoms with Crippen LogP contribution < -0.4 is 9.46 Å². The summed E-state index contributed by atoms with van der Waals surface area (Å²) in [4.78, 5) is 0.277. The Hall–Kier alpha value is -1.85.